The summed E-state index contributed by atoms with van der Waals surface area (Å²) in [5, 5.41) is 2.47. The smallest absolute Gasteiger partial charge is 0.368 e. The summed E-state index contributed by atoms with van der Waals surface area (Å²) in [6, 6.07) is 6.60. The van der Waals surface area contributed by atoms with Gasteiger partial charge in [-0.1, -0.05) is 0 Å². The predicted molar refractivity (Wildman–Crippen MR) is 106 cm³/mol. The third-order valence-corrected chi connectivity index (χ3v) is 5.71. The summed E-state index contributed by atoms with van der Waals surface area (Å²) in [6.45, 7) is -0.311. The lowest BCUT2D eigenvalue weighted by molar-refractivity contribution is -0.137. The van der Waals surface area contributed by atoms with E-state index in [1.807, 2.05) is 0 Å². The summed E-state index contributed by atoms with van der Waals surface area (Å²) < 4.78 is 67.9. The number of carbonyl (C=O) groups excluding carboxylic acids is 2. The molecule has 2 amide bonds. The number of rotatable bonds is 5. The van der Waals surface area contributed by atoms with Gasteiger partial charge in [-0.05, 0) is 66.3 Å². The van der Waals surface area contributed by atoms with E-state index in [4.69, 9.17) is 5.73 Å². The van der Waals surface area contributed by atoms with Gasteiger partial charge in [0, 0.05) is 11.3 Å². The highest BCUT2D eigenvalue weighted by Crippen LogP contribution is 2.49. The fourth-order valence-corrected chi connectivity index (χ4v) is 4.09. The molecule has 1 saturated carbocycles. The molecule has 1 aliphatic rings. The molecule has 0 radical (unpaired) electrons. The summed E-state index contributed by atoms with van der Waals surface area (Å²) in [5.41, 5.74) is 5.10. The molecule has 1 fully saturated rings. The van der Waals surface area contributed by atoms with Gasteiger partial charge < -0.3 is 16.0 Å². The van der Waals surface area contributed by atoms with Crippen LogP contribution in [-0.4, -0.2) is 23.3 Å². The zero-order valence-electron chi connectivity index (χ0n) is 16.5. The Kier molecular flexibility index (Phi) is 5.39. The number of amides is 2. The van der Waals surface area contributed by atoms with Crippen molar-refractivity contribution in [1.82, 2.24) is 10.3 Å². The predicted octanol–water partition coefficient (Wildman–Crippen LogP) is 4.23. The highest BCUT2D eigenvalue weighted by molar-refractivity contribution is 5.93. The average molecular weight is 451 g/mol. The van der Waals surface area contributed by atoms with Crippen LogP contribution in [-0.2, 0) is 15.8 Å². The van der Waals surface area contributed by atoms with E-state index in [1.54, 1.807) is 0 Å². The highest BCUT2D eigenvalue weighted by atomic mass is 19.4. The van der Waals surface area contributed by atoms with Crippen molar-refractivity contribution < 1.29 is 31.5 Å². The Morgan fingerprint density at radius 1 is 1.09 bits per heavy atom. The lowest BCUT2D eigenvalue weighted by Crippen LogP contribution is -2.41. The lowest BCUT2D eigenvalue weighted by atomic mass is 9.69. The quantitative estimate of drug-likeness (QED) is 0.507. The molecule has 0 spiro atoms. The summed E-state index contributed by atoms with van der Waals surface area (Å²) in [5.74, 6) is -3.42. The SMILES string of the molecule is NC(=O)CNC(=O)C1CC(c2c(-c3ccc(F)cc3)[nH]c3c(F)cc(C(F)(F)F)cc23)C1. The maximum Gasteiger partial charge on any atom is 0.416 e. The van der Waals surface area contributed by atoms with Crippen LogP contribution >= 0.6 is 0 Å². The first-order chi connectivity index (χ1) is 15.0. The minimum absolute atomic E-state index is 0.0673. The zero-order chi connectivity index (χ0) is 23.2. The van der Waals surface area contributed by atoms with Crippen LogP contribution in [0.4, 0.5) is 22.0 Å². The third-order valence-electron chi connectivity index (χ3n) is 5.71. The number of aromatic amines is 1. The van der Waals surface area contributed by atoms with Gasteiger partial charge in [-0.3, -0.25) is 9.59 Å². The summed E-state index contributed by atoms with van der Waals surface area (Å²) >= 11 is 0. The Labute approximate surface area is 178 Å². The van der Waals surface area contributed by atoms with E-state index in [2.05, 4.69) is 10.3 Å². The Morgan fingerprint density at radius 2 is 1.75 bits per heavy atom. The number of halogens is 5. The van der Waals surface area contributed by atoms with Gasteiger partial charge in [0.1, 0.15) is 11.6 Å². The topological polar surface area (TPSA) is 88.0 Å². The van der Waals surface area contributed by atoms with E-state index in [0.717, 1.165) is 6.07 Å². The van der Waals surface area contributed by atoms with E-state index >= 15 is 0 Å². The lowest BCUT2D eigenvalue weighted by Gasteiger charge is -2.35. The Morgan fingerprint density at radius 3 is 2.34 bits per heavy atom. The molecule has 0 atom stereocenters. The first kappa shape index (κ1) is 21.8. The minimum atomic E-state index is -4.74. The summed E-state index contributed by atoms with van der Waals surface area (Å²) in [6.07, 6.45) is -4.15. The second-order valence-electron chi connectivity index (χ2n) is 7.85. The molecular formula is C22H18F5N3O2. The number of hydrogen-bond acceptors (Lipinski definition) is 2. The van der Waals surface area contributed by atoms with E-state index in [0.29, 0.717) is 35.7 Å². The van der Waals surface area contributed by atoms with Crippen LogP contribution < -0.4 is 11.1 Å². The molecule has 3 aromatic rings. The molecule has 2 aromatic carbocycles. The van der Waals surface area contributed by atoms with Crippen LogP contribution in [0.15, 0.2) is 36.4 Å². The van der Waals surface area contributed by atoms with Crippen molar-refractivity contribution in [3.63, 3.8) is 0 Å². The number of nitrogens with two attached hydrogens (primary N) is 1. The van der Waals surface area contributed by atoms with Crippen molar-refractivity contribution >= 4 is 22.7 Å². The molecule has 5 nitrogen and oxygen atoms in total. The summed E-state index contributed by atoms with van der Waals surface area (Å²) in [4.78, 5) is 25.9. The number of nitrogens with one attached hydrogen (secondary N) is 2. The van der Waals surface area contributed by atoms with Gasteiger partial charge in [-0.25, -0.2) is 8.78 Å². The van der Waals surface area contributed by atoms with Gasteiger partial charge in [-0.2, -0.15) is 13.2 Å². The van der Waals surface area contributed by atoms with Crippen LogP contribution in [0, 0.1) is 17.6 Å². The van der Waals surface area contributed by atoms with Crippen LogP contribution in [0.5, 0.6) is 0 Å². The number of aromatic nitrogens is 1. The van der Waals surface area contributed by atoms with E-state index in [1.165, 1.54) is 24.3 Å². The molecule has 1 aromatic heterocycles. The van der Waals surface area contributed by atoms with Gasteiger partial charge in [0.15, 0.2) is 0 Å². The second-order valence-corrected chi connectivity index (χ2v) is 7.85. The maximum absolute atomic E-state index is 14.6. The maximum atomic E-state index is 14.6. The molecule has 1 heterocycles. The van der Waals surface area contributed by atoms with E-state index < -0.39 is 35.2 Å². The molecule has 168 valence electrons. The molecule has 4 rings (SSSR count). The molecule has 0 unspecified atom stereocenters. The van der Waals surface area contributed by atoms with Crippen molar-refractivity contribution in [3.05, 3.63) is 59.2 Å². The first-order valence-corrected chi connectivity index (χ1v) is 9.79. The van der Waals surface area contributed by atoms with Gasteiger partial charge in [-0.15, -0.1) is 0 Å². The number of benzene rings is 2. The highest BCUT2D eigenvalue weighted by Gasteiger charge is 2.39. The van der Waals surface area contributed by atoms with Crippen LogP contribution in [0.25, 0.3) is 22.2 Å². The minimum Gasteiger partial charge on any atom is -0.368 e. The van der Waals surface area contributed by atoms with Crippen molar-refractivity contribution in [2.45, 2.75) is 24.9 Å². The molecule has 4 N–H and O–H groups in total. The fraction of sp³-hybridized carbons (Fsp3) is 0.273. The Balaban J connectivity index is 1.76. The molecule has 0 bridgehead atoms. The van der Waals surface area contributed by atoms with Crippen molar-refractivity contribution in [2.24, 2.45) is 11.7 Å². The zero-order valence-corrected chi connectivity index (χ0v) is 16.5. The van der Waals surface area contributed by atoms with Gasteiger partial charge in [0.05, 0.1) is 23.3 Å². The van der Waals surface area contributed by atoms with Crippen LogP contribution in [0.1, 0.15) is 29.9 Å². The second kappa shape index (κ2) is 7.92. The largest absolute Gasteiger partial charge is 0.416 e. The number of H-pyrrole nitrogens is 1. The van der Waals surface area contributed by atoms with Crippen LogP contribution in [0.2, 0.25) is 0 Å². The van der Waals surface area contributed by atoms with Gasteiger partial charge >= 0.3 is 6.18 Å². The van der Waals surface area contributed by atoms with Crippen LogP contribution in [0.3, 0.4) is 0 Å². The standard InChI is InChI=1S/C22H18F5N3O2/c23-14-3-1-10(2-4-14)19-18(11-5-12(6-11)21(32)29-9-17(28)31)15-7-13(22(25,26)27)8-16(24)20(15)30-19/h1-4,7-8,11-12,30H,5-6,9H2,(H2,28,31)(H,29,32). The molecular weight excluding hydrogens is 433 g/mol. The third kappa shape index (κ3) is 4.04. The molecule has 0 saturated heterocycles. The Hall–Kier alpha value is -3.43. The summed E-state index contributed by atoms with van der Waals surface area (Å²) in [7, 11) is 0. The number of fused-ring (bicyclic) bond motifs is 1. The first-order valence-electron chi connectivity index (χ1n) is 9.79. The number of hydrogen-bond donors (Lipinski definition) is 3. The normalized spacial score (nSPS) is 18.4. The number of alkyl halides is 3. The average Bonchev–Trinajstić information content (AvgIpc) is 3.05. The fourth-order valence-electron chi connectivity index (χ4n) is 4.09. The molecule has 32 heavy (non-hydrogen) atoms. The van der Waals surface area contributed by atoms with E-state index in [-0.39, 0.29) is 29.3 Å². The molecule has 1 aliphatic carbocycles. The van der Waals surface area contributed by atoms with Crippen molar-refractivity contribution in [1.29, 1.82) is 0 Å². The number of carbonyl (C=O) groups is 2. The van der Waals surface area contributed by atoms with Gasteiger partial charge in [0.25, 0.3) is 0 Å². The van der Waals surface area contributed by atoms with E-state index in [9.17, 15) is 31.5 Å². The Bertz CT molecular complexity index is 1190. The van der Waals surface area contributed by atoms with Crippen molar-refractivity contribution in [2.75, 3.05) is 6.54 Å². The molecule has 10 heteroatoms. The monoisotopic (exact) mass is 451 g/mol. The van der Waals surface area contributed by atoms with Gasteiger partial charge in [0.2, 0.25) is 11.8 Å². The molecule has 0 aliphatic heterocycles. The van der Waals surface area contributed by atoms with Crippen molar-refractivity contribution in [3.8, 4) is 11.3 Å². The number of primary amides is 1.